The van der Waals surface area contributed by atoms with Crippen LogP contribution in [0.15, 0.2) is 18.2 Å². The first-order valence-electron chi connectivity index (χ1n) is 3.78. The van der Waals surface area contributed by atoms with Crippen molar-refractivity contribution in [1.82, 2.24) is 0 Å². The Morgan fingerprint density at radius 2 is 2.36 bits per heavy atom. The standard InChI is InChI=1S/C9H8N2O3/c1-14-9-4-6(12)2-3-7(9)8(13)5-11-10/h2-5,12H,1H3. The van der Waals surface area contributed by atoms with E-state index in [2.05, 4.69) is 4.79 Å². The Morgan fingerprint density at radius 3 is 2.93 bits per heavy atom. The second-order valence-corrected chi connectivity index (χ2v) is 2.49. The SMILES string of the molecule is COc1cc(O)ccc1C(=O)C=[N+]=[N-]. The molecule has 0 heterocycles. The molecule has 1 aromatic carbocycles. The average molecular weight is 192 g/mol. The van der Waals surface area contributed by atoms with Crippen LogP contribution < -0.4 is 4.74 Å². The number of ketones is 1. The maximum Gasteiger partial charge on any atom is 0.328 e. The van der Waals surface area contributed by atoms with Gasteiger partial charge in [-0.1, -0.05) is 0 Å². The highest BCUT2D eigenvalue weighted by Gasteiger charge is 2.13. The van der Waals surface area contributed by atoms with Gasteiger partial charge in [-0.2, -0.15) is 4.79 Å². The van der Waals surface area contributed by atoms with E-state index in [1.54, 1.807) is 0 Å². The predicted octanol–water partition coefficient (Wildman–Crippen LogP) is 0.884. The zero-order valence-corrected chi connectivity index (χ0v) is 7.47. The Bertz CT molecular complexity index is 409. The largest absolute Gasteiger partial charge is 0.508 e. The van der Waals surface area contributed by atoms with Gasteiger partial charge in [0.2, 0.25) is 0 Å². The predicted molar refractivity (Wildman–Crippen MR) is 48.7 cm³/mol. The van der Waals surface area contributed by atoms with Crippen LogP contribution in [-0.2, 0) is 0 Å². The molecule has 0 aliphatic rings. The first kappa shape index (κ1) is 9.95. The normalized spacial score (nSPS) is 8.93. The summed E-state index contributed by atoms with van der Waals surface area (Å²) in [6.07, 6.45) is 0.759. The summed E-state index contributed by atoms with van der Waals surface area (Å²) >= 11 is 0. The van der Waals surface area contributed by atoms with Crippen LogP contribution >= 0.6 is 0 Å². The van der Waals surface area contributed by atoms with Gasteiger partial charge in [0.15, 0.2) is 0 Å². The topological polar surface area (TPSA) is 82.9 Å². The van der Waals surface area contributed by atoms with Crippen LogP contribution in [0, 0.1) is 0 Å². The van der Waals surface area contributed by atoms with E-state index in [4.69, 9.17) is 15.4 Å². The molecule has 0 fully saturated rings. The van der Waals surface area contributed by atoms with E-state index < -0.39 is 5.78 Å². The summed E-state index contributed by atoms with van der Waals surface area (Å²) in [7, 11) is 1.38. The van der Waals surface area contributed by atoms with Crippen LogP contribution in [0.3, 0.4) is 0 Å². The number of rotatable bonds is 3. The fourth-order valence-corrected chi connectivity index (χ4v) is 1.01. The Hall–Kier alpha value is -2.13. The molecule has 0 unspecified atom stereocenters. The molecular weight excluding hydrogens is 184 g/mol. The molecule has 5 nitrogen and oxygen atoms in total. The molecule has 0 saturated carbocycles. The number of ether oxygens (including phenoxy) is 1. The Kier molecular flexibility index (Phi) is 2.99. The number of hydrogen-bond donors (Lipinski definition) is 1. The van der Waals surface area contributed by atoms with E-state index >= 15 is 0 Å². The molecule has 72 valence electrons. The summed E-state index contributed by atoms with van der Waals surface area (Å²) in [5.74, 6) is -0.265. The molecule has 1 rings (SSSR count). The molecule has 0 saturated heterocycles. The van der Waals surface area contributed by atoms with Crippen molar-refractivity contribution in [2.75, 3.05) is 7.11 Å². The quantitative estimate of drug-likeness (QED) is 0.334. The van der Waals surface area contributed by atoms with Gasteiger partial charge in [0.05, 0.1) is 12.7 Å². The second-order valence-electron chi connectivity index (χ2n) is 2.49. The molecule has 5 heteroatoms. The number of carbonyl (C=O) groups is 1. The fourth-order valence-electron chi connectivity index (χ4n) is 1.01. The molecule has 1 N–H and O–H groups in total. The van der Waals surface area contributed by atoms with E-state index in [1.165, 1.54) is 25.3 Å². The molecular formula is C9H8N2O3. The van der Waals surface area contributed by atoms with Crippen molar-refractivity contribution in [1.29, 1.82) is 0 Å². The number of carbonyl (C=O) groups excluding carboxylic acids is 1. The summed E-state index contributed by atoms with van der Waals surface area (Å²) in [5.41, 5.74) is 8.40. The van der Waals surface area contributed by atoms with Crippen molar-refractivity contribution in [2.24, 2.45) is 0 Å². The Labute approximate surface area is 80.2 Å². The number of benzene rings is 1. The second kappa shape index (κ2) is 4.20. The van der Waals surface area contributed by atoms with Crippen LogP contribution in [0.1, 0.15) is 10.4 Å². The summed E-state index contributed by atoms with van der Waals surface area (Å²) in [6, 6.07) is 4.04. The third-order valence-electron chi connectivity index (χ3n) is 1.63. The lowest BCUT2D eigenvalue weighted by Gasteiger charge is -2.03. The van der Waals surface area contributed by atoms with Crippen LogP contribution in [0.2, 0.25) is 0 Å². The van der Waals surface area contributed by atoms with Crippen molar-refractivity contribution in [3.8, 4) is 11.5 Å². The van der Waals surface area contributed by atoms with E-state index in [-0.39, 0.29) is 17.1 Å². The van der Waals surface area contributed by atoms with Gasteiger partial charge in [-0.3, -0.25) is 4.79 Å². The summed E-state index contributed by atoms with van der Waals surface area (Å²) in [5, 5.41) is 9.11. The summed E-state index contributed by atoms with van der Waals surface area (Å²) in [6.45, 7) is 0. The summed E-state index contributed by atoms with van der Waals surface area (Å²) < 4.78 is 4.87. The number of phenols is 1. The van der Waals surface area contributed by atoms with Gasteiger partial charge in [-0.25, -0.2) is 0 Å². The highest BCUT2D eigenvalue weighted by Crippen LogP contribution is 2.23. The molecule has 0 radical (unpaired) electrons. The van der Waals surface area contributed by atoms with Gasteiger partial charge in [0, 0.05) is 6.07 Å². The molecule has 1 aromatic rings. The number of methoxy groups -OCH3 is 1. The number of aromatic hydroxyl groups is 1. The Morgan fingerprint density at radius 1 is 1.64 bits per heavy atom. The van der Waals surface area contributed by atoms with Crippen LogP contribution in [-0.4, -0.2) is 29.0 Å². The van der Waals surface area contributed by atoms with E-state index in [9.17, 15) is 4.79 Å². The van der Waals surface area contributed by atoms with Crippen molar-refractivity contribution in [3.63, 3.8) is 0 Å². The first-order chi connectivity index (χ1) is 6.69. The lowest BCUT2D eigenvalue weighted by molar-refractivity contribution is 0.00231. The zero-order valence-electron chi connectivity index (χ0n) is 7.47. The van der Waals surface area contributed by atoms with Gasteiger partial charge < -0.3 is 15.4 Å². The lowest BCUT2D eigenvalue weighted by Crippen LogP contribution is -2.03. The van der Waals surface area contributed by atoms with Gasteiger partial charge >= 0.3 is 6.21 Å². The third-order valence-corrected chi connectivity index (χ3v) is 1.63. The number of Topliss-reactive ketones (excluding diaryl/α,β-unsaturated/α-hetero) is 1. The molecule has 14 heavy (non-hydrogen) atoms. The molecule has 0 aliphatic carbocycles. The van der Waals surface area contributed by atoms with Gasteiger partial charge in [0.25, 0.3) is 5.78 Å². The van der Waals surface area contributed by atoms with E-state index in [0.717, 1.165) is 6.21 Å². The maximum atomic E-state index is 11.3. The highest BCUT2D eigenvalue weighted by molar-refractivity contribution is 6.34. The third kappa shape index (κ3) is 1.97. The van der Waals surface area contributed by atoms with Gasteiger partial charge in [-0.15, -0.1) is 0 Å². The van der Waals surface area contributed by atoms with Crippen molar-refractivity contribution in [2.45, 2.75) is 0 Å². The fraction of sp³-hybridized carbons (Fsp3) is 0.111. The van der Waals surface area contributed by atoms with Gasteiger partial charge in [-0.05, 0) is 12.1 Å². The lowest BCUT2D eigenvalue weighted by atomic mass is 10.1. The molecule has 0 spiro atoms. The molecule has 0 atom stereocenters. The number of phenolic OH excluding ortho intramolecular Hbond substituents is 1. The minimum absolute atomic E-state index is 0.000614. The maximum absolute atomic E-state index is 11.3. The highest BCUT2D eigenvalue weighted by atomic mass is 16.5. The molecule has 0 amide bonds. The van der Waals surface area contributed by atoms with Gasteiger partial charge in [0.1, 0.15) is 11.5 Å². The van der Waals surface area contributed by atoms with Crippen molar-refractivity contribution in [3.05, 3.63) is 29.3 Å². The first-order valence-corrected chi connectivity index (χ1v) is 3.78. The smallest absolute Gasteiger partial charge is 0.328 e. The molecule has 0 bridgehead atoms. The monoisotopic (exact) mass is 192 g/mol. The summed E-state index contributed by atoms with van der Waals surface area (Å²) in [4.78, 5) is 13.9. The zero-order chi connectivity index (χ0) is 10.6. The van der Waals surface area contributed by atoms with Crippen molar-refractivity contribution >= 4 is 12.0 Å². The minimum atomic E-state index is -0.496. The van der Waals surface area contributed by atoms with Crippen LogP contribution in [0.4, 0.5) is 0 Å². The average Bonchev–Trinajstić information content (AvgIpc) is 2.17. The number of hydrogen-bond acceptors (Lipinski definition) is 3. The van der Waals surface area contributed by atoms with Crippen molar-refractivity contribution < 1.29 is 19.4 Å². The van der Waals surface area contributed by atoms with Crippen LogP contribution in [0.5, 0.6) is 11.5 Å². The van der Waals surface area contributed by atoms with Crippen LogP contribution in [0.25, 0.3) is 5.53 Å². The Balaban J connectivity index is 3.20. The molecule has 0 aromatic heterocycles. The van der Waals surface area contributed by atoms with E-state index in [1.807, 2.05) is 0 Å². The molecule has 0 aliphatic heterocycles. The number of nitrogens with zero attached hydrogens (tertiary/aromatic N) is 2. The van der Waals surface area contributed by atoms with E-state index in [0.29, 0.717) is 0 Å². The minimum Gasteiger partial charge on any atom is -0.508 e.